The monoisotopic (exact) mass is 1240 g/mol. The number of benzene rings is 2. The van der Waals surface area contributed by atoms with Crippen molar-refractivity contribution in [2.24, 2.45) is 5.92 Å². The molecule has 3 rings (SSSR count). The molecule has 0 fully saturated rings. The fraction of sp³-hybridized carbons (Fsp3) is 0.651. The zero-order valence-corrected chi connectivity index (χ0v) is 54.0. The zero-order valence-electron chi connectivity index (χ0n) is 54.0. The van der Waals surface area contributed by atoms with E-state index in [2.05, 4.69) is 31.9 Å². The highest BCUT2D eigenvalue weighted by atomic mass is 16.6. The summed E-state index contributed by atoms with van der Waals surface area (Å²) in [5.74, 6) is -8.44. The van der Waals surface area contributed by atoms with Crippen LogP contribution < -0.4 is 31.9 Å². The van der Waals surface area contributed by atoms with Crippen LogP contribution in [0.5, 0.6) is 0 Å². The Morgan fingerprint density at radius 2 is 0.830 bits per heavy atom. The van der Waals surface area contributed by atoms with Crippen LogP contribution in [0.3, 0.4) is 0 Å². The second kappa shape index (κ2) is 35.7. The topological polar surface area (TPSA) is 326 Å². The number of fused-ring (bicyclic) bond motifs is 3. The minimum absolute atomic E-state index is 0.0582. The second-order valence-electron chi connectivity index (χ2n) is 25.4. The third-order valence-electron chi connectivity index (χ3n) is 12.4. The third kappa shape index (κ3) is 29.7. The van der Waals surface area contributed by atoms with Crippen LogP contribution in [-0.2, 0) is 85.8 Å². The van der Waals surface area contributed by atoms with Gasteiger partial charge in [0.05, 0.1) is 72.1 Å². The number of esters is 4. The fourth-order valence-electron chi connectivity index (χ4n) is 8.64. The highest BCUT2D eigenvalue weighted by Gasteiger charge is 2.37. The molecule has 0 aromatic heterocycles. The molecule has 5 atom stereocenters. The number of nitrogens with one attached hydrogen (secondary N) is 6. The second-order valence-corrected chi connectivity index (χ2v) is 25.4. The normalized spacial score (nSPS) is 14.1. The predicted molar refractivity (Wildman–Crippen MR) is 323 cm³/mol. The number of ether oxygens (including phenoxy) is 9. The summed E-state index contributed by atoms with van der Waals surface area (Å²) in [7, 11) is 0. The summed E-state index contributed by atoms with van der Waals surface area (Å²) < 4.78 is 49.3. The molecule has 25 nitrogen and oxygen atoms in total. The summed E-state index contributed by atoms with van der Waals surface area (Å²) in [6.45, 7) is 26.4. The average Bonchev–Trinajstić information content (AvgIpc) is 3.06. The lowest BCUT2D eigenvalue weighted by Crippen LogP contribution is -2.60. The Morgan fingerprint density at radius 1 is 0.432 bits per heavy atom. The van der Waals surface area contributed by atoms with Crippen molar-refractivity contribution in [2.75, 3.05) is 66.0 Å². The molecule has 0 saturated carbocycles. The van der Waals surface area contributed by atoms with E-state index in [1.807, 2.05) is 48.5 Å². The molecule has 88 heavy (non-hydrogen) atoms. The van der Waals surface area contributed by atoms with E-state index in [9.17, 15) is 47.9 Å². The minimum Gasteiger partial charge on any atom is -0.460 e. The minimum atomic E-state index is -1.69. The van der Waals surface area contributed by atoms with E-state index in [0.717, 1.165) is 22.3 Å². The van der Waals surface area contributed by atoms with Gasteiger partial charge in [-0.25, -0.2) is 4.79 Å². The summed E-state index contributed by atoms with van der Waals surface area (Å²) in [6, 6.07) is 7.76. The molecule has 2 aromatic rings. The van der Waals surface area contributed by atoms with Crippen molar-refractivity contribution in [1.29, 1.82) is 0 Å². The Kier molecular flexibility index (Phi) is 30.4. The van der Waals surface area contributed by atoms with E-state index in [1.54, 1.807) is 96.9 Å². The van der Waals surface area contributed by atoms with Crippen LogP contribution in [0.15, 0.2) is 48.5 Å². The van der Waals surface area contributed by atoms with Crippen LogP contribution in [0.2, 0.25) is 0 Å². The van der Waals surface area contributed by atoms with Crippen molar-refractivity contribution in [3.63, 3.8) is 0 Å². The average molecular weight is 1240 g/mol. The Morgan fingerprint density at radius 3 is 1.31 bits per heavy atom. The van der Waals surface area contributed by atoms with Crippen LogP contribution in [0.4, 0.5) is 4.79 Å². The summed E-state index contributed by atoms with van der Waals surface area (Å²) in [5.41, 5.74) is 0.342. The van der Waals surface area contributed by atoms with E-state index >= 15 is 0 Å². The fourth-order valence-corrected chi connectivity index (χ4v) is 8.64. The first-order valence-corrected chi connectivity index (χ1v) is 29.8. The van der Waals surface area contributed by atoms with Gasteiger partial charge in [0, 0.05) is 18.9 Å². The molecular weight excluding hydrogens is 1140 g/mol. The molecular formula is C63H96N6O19. The van der Waals surface area contributed by atoms with Gasteiger partial charge in [0.15, 0.2) is 0 Å². The molecule has 6 amide bonds. The molecule has 1 aliphatic carbocycles. The van der Waals surface area contributed by atoms with Crippen LogP contribution in [0, 0.1) is 5.92 Å². The zero-order chi connectivity index (χ0) is 66.0. The molecule has 0 saturated heterocycles. The lowest BCUT2D eigenvalue weighted by Gasteiger charge is -2.29. The van der Waals surface area contributed by atoms with Crippen molar-refractivity contribution in [3.05, 3.63) is 59.7 Å². The number of amides is 6. The largest absolute Gasteiger partial charge is 0.460 e. The van der Waals surface area contributed by atoms with Crippen LogP contribution in [0.25, 0.3) is 11.1 Å². The Balaban J connectivity index is 1.69. The molecule has 6 N–H and O–H groups in total. The van der Waals surface area contributed by atoms with Crippen molar-refractivity contribution >= 4 is 59.5 Å². The maximum Gasteiger partial charge on any atom is 0.407 e. The first-order valence-electron chi connectivity index (χ1n) is 29.8. The Hall–Kier alpha value is -7.22. The van der Waals surface area contributed by atoms with Gasteiger partial charge in [-0.1, -0.05) is 62.4 Å². The number of rotatable bonds is 35. The quantitative estimate of drug-likeness (QED) is 0.0300. The van der Waals surface area contributed by atoms with E-state index in [1.165, 1.54) is 6.92 Å². The van der Waals surface area contributed by atoms with Crippen molar-refractivity contribution < 1.29 is 90.6 Å². The highest BCUT2D eigenvalue weighted by Crippen LogP contribution is 2.44. The number of carbonyl (C=O) groups excluding carboxylic acids is 10. The lowest BCUT2D eigenvalue weighted by molar-refractivity contribution is -0.157. The number of hydrogen-bond acceptors (Lipinski definition) is 19. The van der Waals surface area contributed by atoms with Gasteiger partial charge in [-0.15, -0.1) is 0 Å². The molecule has 0 bridgehead atoms. The van der Waals surface area contributed by atoms with E-state index < -0.39 is 138 Å². The molecule has 492 valence electrons. The molecule has 0 radical (unpaired) electrons. The van der Waals surface area contributed by atoms with Gasteiger partial charge in [0.1, 0.15) is 59.2 Å². The van der Waals surface area contributed by atoms with E-state index in [-0.39, 0.29) is 57.9 Å². The Labute approximate surface area is 517 Å². The molecule has 0 heterocycles. The number of alkyl carbamates (subject to hydrolysis) is 1. The molecule has 0 spiro atoms. The van der Waals surface area contributed by atoms with E-state index in [0.29, 0.717) is 26.4 Å². The Bertz CT molecular complexity index is 2610. The summed E-state index contributed by atoms with van der Waals surface area (Å²) in [5, 5.41) is 15.3. The van der Waals surface area contributed by atoms with Crippen LogP contribution >= 0.6 is 0 Å². The van der Waals surface area contributed by atoms with Gasteiger partial charge in [0.2, 0.25) is 29.5 Å². The van der Waals surface area contributed by atoms with Gasteiger partial charge in [-0.05, 0) is 125 Å². The highest BCUT2D eigenvalue weighted by molar-refractivity contribution is 5.98. The molecule has 1 unspecified atom stereocenters. The van der Waals surface area contributed by atoms with Crippen molar-refractivity contribution in [1.82, 2.24) is 31.9 Å². The van der Waals surface area contributed by atoms with Gasteiger partial charge in [0.25, 0.3) is 0 Å². The maximum atomic E-state index is 14.5. The summed E-state index contributed by atoms with van der Waals surface area (Å²) >= 11 is 0. The van der Waals surface area contributed by atoms with Gasteiger partial charge < -0.3 is 74.5 Å². The van der Waals surface area contributed by atoms with Crippen LogP contribution in [0.1, 0.15) is 153 Å². The SMILES string of the molecule is CC(C)C(NC(=O)[C@H](CCC(=O)OC(C)(C)C)NC(=O)[C@H](CC(=O)OC(C)(C)C)NC(=O)OCC1c2ccccc2-c2ccccc21)C(=O)N[C@@H](CC(=O)OC(C)(C)C)C(=O)N[C@@H](C)C(=O)NCCOCCOCCOCCOCCC(=O)OC(C)(C)C. The molecule has 2 aromatic carbocycles. The number of carbonyl (C=O) groups is 10. The summed E-state index contributed by atoms with van der Waals surface area (Å²) in [6.07, 6.45) is -3.15. The molecule has 0 aliphatic heterocycles. The number of hydrogen-bond donors (Lipinski definition) is 6. The van der Waals surface area contributed by atoms with Gasteiger partial charge in [-0.3, -0.25) is 43.2 Å². The standard InChI is InChI=1S/C63H96N6O19/c1-39(2)53(58(78)67-47(36-51(72)87-62(10,11)12)56(76)65-40(3)54(74)64-27-29-81-31-33-83-35-34-82-32-30-80-28-26-50(71)86-61(7,8)9)69-55(75)46(24-25-49(70)85-60(4,5)6)66-57(77)48(37-52(73)88-63(13,14)15)68-59(79)84-38-45-43-22-18-16-20-41(43)42-21-17-19-23-44(42)45/h16-23,39-40,45-48,53H,24-38H2,1-15H3,(H,64,74)(H,65,76)(H,66,77)(H,67,78)(H,68,79)(H,69,75)/t40-,46-,47-,48-,53?/m0/s1. The molecule has 1 aliphatic rings. The lowest BCUT2D eigenvalue weighted by atomic mass is 9.98. The third-order valence-corrected chi connectivity index (χ3v) is 12.4. The van der Waals surface area contributed by atoms with Gasteiger partial charge in [-0.2, -0.15) is 0 Å². The van der Waals surface area contributed by atoms with Crippen LogP contribution in [-0.4, -0.2) is 178 Å². The first kappa shape index (κ1) is 75.0. The van der Waals surface area contributed by atoms with Crippen molar-refractivity contribution in [2.45, 2.75) is 194 Å². The van der Waals surface area contributed by atoms with E-state index in [4.69, 9.17) is 42.6 Å². The van der Waals surface area contributed by atoms with Gasteiger partial charge >= 0.3 is 30.0 Å². The summed E-state index contributed by atoms with van der Waals surface area (Å²) in [4.78, 5) is 135. The first-order chi connectivity index (χ1) is 41.0. The molecule has 25 heteroatoms. The smallest absolute Gasteiger partial charge is 0.407 e. The predicted octanol–water partition coefficient (Wildman–Crippen LogP) is 5.01. The van der Waals surface area contributed by atoms with Crippen molar-refractivity contribution in [3.8, 4) is 11.1 Å². The maximum absolute atomic E-state index is 14.5.